The summed E-state index contributed by atoms with van der Waals surface area (Å²) >= 11 is 0. The Morgan fingerprint density at radius 2 is 1.54 bits per heavy atom. The summed E-state index contributed by atoms with van der Waals surface area (Å²) < 4.78 is 24.2. The number of nitrogens with one attached hydrogen (secondary N) is 3. The number of benzene rings is 3. The zero-order valence-electron chi connectivity index (χ0n) is 39.6. The summed E-state index contributed by atoms with van der Waals surface area (Å²) in [5.74, 6) is 0.246. The summed E-state index contributed by atoms with van der Waals surface area (Å²) in [5.41, 5.74) is 1.59. The van der Waals surface area contributed by atoms with Crippen LogP contribution in [0, 0.1) is 6.92 Å². The summed E-state index contributed by atoms with van der Waals surface area (Å²) in [4.78, 5) is 76.5. The third-order valence-corrected chi connectivity index (χ3v) is 10.4. The maximum absolute atomic E-state index is 14.0. The van der Waals surface area contributed by atoms with E-state index < -0.39 is 29.3 Å². The molecule has 1 aromatic heterocycles. The van der Waals surface area contributed by atoms with E-state index in [1.165, 1.54) is 28.7 Å². The molecule has 1 saturated heterocycles. The van der Waals surface area contributed by atoms with Gasteiger partial charge in [0.2, 0.25) is 11.9 Å². The average Bonchev–Trinajstić information content (AvgIpc) is 3.62. The fourth-order valence-corrected chi connectivity index (χ4v) is 7.07. The van der Waals surface area contributed by atoms with Gasteiger partial charge in [-0.2, -0.15) is 0 Å². The first kappa shape index (κ1) is 49.7. The van der Waals surface area contributed by atoms with Crippen LogP contribution in [0.3, 0.4) is 0 Å². The van der Waals surface area contributed by atoms with Gasteiger partial charge in [0.05, 0.1) is 36.2 Å². The van der Waals surface area contributed by atoms with Gasteiger partial charge in [0.1, 0.15) is 28.2 Å². The van der Waals surface area contributed by atoms with Gasteiger partial charge in [0, 0.05) is 58.3 Å². The van der Waals surface area contributed by atoms with Crippen LogP contribution in [0.1, 0.15) is 99.9 Å². The van der Waals surface area contributed by atoms with E-state index in [4.69, 9.17) is 23.9 Å². The van der Waals surface area contributed by atoms with Gasteiger partial charge in [-0.1, -0.05) is 12.1 Å². The quantitative estimate of drug-likeness (QED) is 0.0879. The number of unbranched alkanes of at least 4 members (excludes halogenated alkanes) is 2. The normalized spacial score (nSPS) is 13.2. The molecule has 4 amide bonds. The molecule has 0 bridgehead atoms. The number of ether oxygens (including phenoxy) is 4. The standard InChI is InChI=1S/C48H66N8O9/c1-32-19-22-36(39(30-32)63-29-13-11-12-18-40(57)55-27-25-53(8)26-28-55)54(9)43(59)33-20-21-34(38(31-33)62-10)42(58)51-35-16-14-17-37-41(35)52-44(56(37)46(61)65-48(5,6)7)49-23-15-24-50-45(60)64-47(2,3)4/h14,16-17,19-22,30-31H,11-13,15,18,23-29H2,1-10H3,(H,49,52)(H,50,60)(H,51,58). The Morgan fingerprint density at radius 3 is 2.23 bits per heavy atom. The number of imidazole rings is 1. The molecule has 1 aliphatic heterocycles. The molecule has 2 heterocycles. The van der Waals surface area contributed by atoms with E-state index in [0.717, 1.165) is 51.0 Å². The highest BCUT2D eigenvalue weighted by molar-refractivity contribution is 6.12. The van der Waals surface area contributed by atoms with E-state index in [9.17, 15) is 24.0 Å². The smallest absolute Gasteiger partial charge is 0.421 e. The number of carbonyl (C=O) groups is 5. The molecule has 0 saturated carbocycles. The minimum atomic E-state index is -0.808. The number of hydrogen-bond acceptors (Lipinski definition) is 12. The van der Waals surface area contributed by atoms with Crippen LogP contribution in [0.15, 0.2) is 54.6 Å². The monoisotopic (exact) mass is 898 g/mol. The number of rotatable bonds is 17. The number of nitrogens with zero attached hydrogens (tertiary/aromatic N) is 5. The maximum Gasteiger partial charge on any atom is 0.421 e. The van der Waals surface area contributed by atoms with Crippen molar-refractivity contribution in [2.24, 2.45) is 0 Å². The maximum atomic E-state index is 14.0. The lowest BCUT2D eigenvalue weighted by atomic mass is 10.1. The summed E-state index contributed by atoms with van der Waals surface area (Å²) in [6, 6.07) is 15.3. The van der Waals surface area contributed by atoms with Crippen molar-refractivity contribution in [1.29, 1.82) is 0 Å². The Labute approximate surface area is 382 Å². The Morgan fingerprint density at radius 1 is 0.815 bits per heavy atom. The van der Waals surface area contributed by atoms with Crippen LogP contribution in [0.2, 0.25) is 0 Å². The lowest BCUT2D eigenvalue weighted by molar-refractivity contribution is -0.132. The van der Waals surface area contributed by atoms with Crippen molar-refractivity contribution >= 4 is 58.3 Å². The van der Waals surface area contributed by atoms with Crippen molar-refractivity contribution in [3.8, 4) is 11.5 Å². The second-order valence-corrected chi connectivity index (χ2v) is 18.2. The van der Waals surface area contributed by atoms with Crippen molar-refractivity contribution in [1.82, 2.24) is 24.7 Å². The SMILES string of the molecule is COc1cc(C(=O)N(C)c2ccc(C)cc2OCCCCCC(=O)N2CCN(C)CC2)ccc1C(=O)Nc1cccc2c1nc(NCCCNC(=O)OC(C)(C)C)n2C(=O)OC(C)(C)C. The number of anilines is 3. The van der Waals surface area contributed by atoms with E-state index in [1.807, 2.05) is 30.0 Å². The van der Waals surface area contributed by atoms with Gasteiger partial charge in [-0.05, 0) is 129 Å². The number of aryl methyl sites for hydroxylation is 1. The molecule has 17 nitrogen and oxygen atoms in total. The van der Waals surface area contributed by atoms with Crippen LogP contribution in [0.5, 0.6) is 11.5 Å². The molecule has 65 heavy (non-hydrogen) atoms. The van der Waals surface area contributed by atoms with Gasteiger partial charge in [-0.25, -0.2) is 19.1 Å². The highest BCUT2D eigenvalue weighted by Gasteiger charge is 2.26. The number of amides is 4. The molecule has 0 radical (unpaired) electrons. The highest BCUT2D eigenvalue weighted by atomic mass is 16.6. The molecule has 17 heteroatoms. The molecule has 0 atom stereocenters. The molecule has 3 aromatic carbocycles. The molecular formula is C48H66N8O9. The number of piperazine rings is 1. The van der Waals surface area contributed by atoms with E-state index >= 15 is 0 Å². The first-order valence-corrected chi connectivity index (χ1v) is 22.2. The zero-order valence-corrected chi connectivity index (χ0v) is 39.6. The van der Waals surface area contributed by atoms with Crippen LogP contribution < -0.4 is 30.3 Å². The summed E-state index contributed by atoms with van der Waals surface area (Å²) in [5, 5.41) is 8.78. The van der Waals surface area contributed by atoms with Gasteiger partial charge >= 0.3 is 12.2 Å². The fourth-order valence-electron chi connectivity index (χ4n) is 7.07. The van der Waals surface area contributed by atoms with Crippen molar-refractivity contribution in [2.75, 3.05) is 82.6 Å². The predicted octanol–water partition coefficient (Wildman–Crippen LogP) is 7.71. The van der Waals surface area contributed by atoms with Crippen molar-refractivity contribution in [2.45, 2.75) is 91.8 Å². The number of likely N-dealkylation sites (N-methyl/N-ethyl adjacent to an activating group) is 1. The van der Waals surface area contributed by atoms with Crippen molar-refractivity contribution in [3.63, 3.8) is 0 Å². The zero-order chi connectivity index (χ0) is 47.5. The molecule has 1 aliphatic rings. The summed E-state index contributed by atoms with van der Waals surface area (Å²) in [6.45, 7) is 17.0. The van der Waals surface area contributed by atoms with Gasteiger partial charge in [-0.3, -0.25) is 14.4 Å². The predicted molar refractivity (Wildman–Crippen MR) is 252 cm³/mol. The Balaban J connectivity index is 1.25. The second-order valence-electron chi connectivity index (χ2n) is 18.2. The Hall–Kier alpha value is -6.36. The lowest BCUT2D eigenvalue weighted by Crippen LogP contribution is -2.47. The van der Waals surface area contributed by atoms with Crippen LogP contribution in [0.4, 0.5) is 26.9 Å². The van der Waals surface area contributed by atoms with E-state index in [-0.39, 0.29) is 34.6 Å². The van der Waals surface area contributed by atoms with Crippen LogP contribution in [-0.2, 0) is 14.3 Å². The molecule has 0 aliphatic carbocycles. The summed E-state index contributed by atoms with van der Waals surface area (Å²) in [7, 11) is 5.15. The minimum absolute atomic E-state index is 0.163. The average molecular weight is 899 g/mol. The topological polar surface area (TPSA) is 186 Å². The number of para-hydroxylation sites is 1. The molecule has 5 rings (SSSR count). The minimum Gasteiger partial charge on any atom is -0.496 e. The Bertz CT molecular complexity index is 2320. The molecular weight excluding hydrogens is 833 g/mol. The fraction of sp³-hybridized carbons (Fsp3) is 0.500. The number of aromatic nitrogens is 2. The van der Waals surface area contributed by atoms with E-state index in [1.54, 1.807) is 72.9 Å². The van der Waals surface area contributed by atoms with Crippen LogP contribution in [0.25, 0.3) is 11.0 Å². The number of fused-ring (bicyclic) bond motifs is 1. The molecule has 0 unspecified atom stereocenters. The van der Waals surface area contributed by atoms with Crippen LogP contribution >= 0.6 is 0 Å². The van der Waals surface area contributed by atoms with Gasteiger partial charge in [0.25, 0.3) is 11.8 Å². The van der Waals surface area contributed by atoms with E-state index in [2.05, 4.69) is 27.9 Å². The first-order valence-electron chi connectivity index (χ1n) is 22.2. The summed E-state index contributed by atoms with van der Waals surface area (Å²) in [6.07, 6.45) is 2.20. The van der Waals surface area contributed by atoms with Crippen molar-refractivity contribution in [3.05, 3.63) is 71.3 Å². The number of methoxy groups -OCH3 is 1. The highest BCUT2D eigenvalue weighted by Crippen LogP contribution is 2.32. The van der Waals surface area contributed by atoms with Crippen LogP contribution in [-0.4, -0.2) is 128 Å². The number of hydrogen-bond donors (Lipinski definition) is 3. The number of alkyl carbamates (subject to hydrolysis) is 1. The van der Waals surface area contributed by atoms with Gasteiger partial charge < -0.3 is 49.6 Å². The Kier molecular flexibility index (Phi) is 16.8. The molecule has 1 fully saturated rings. The third kappa shape index (κ3) is 14.1. The lowest BCUT2D eigenvalue weighted by Gasteiger charge is -2.32. The van der Waals surface area contributed by atoms with Crippen molar-refractivity contribution < 1.29 is 42.9 Å². The third-order valence-electron chi connectivity index (χ3n) is 10.4. The molecule has 3 N–H and O–H groups in total. The largest absolute Gasteiger partial charge is 0.496 e. The molecule has 4 aromatic rings. The first-order chi connectivity index (χ1) is 30.7. The molecule has 0 spiro atoms. The van der Waals surface area contributed by atoms with E-state index in [0.29, 0.717) is 60.7 Å². The van der Waals surface area contributed by atoms with Gasteiger partial charge in [0.15, 0.2) is 0 Å². The molecule has 352 valence electrons. The van der Waals surface area contributed by atoms with Gasteiger partial charge in [-0.15, -0.1) is 0 Å². The second kappa shape index (κ2) is 22.0. The number of carbonyl (C=O) groups excluding carboxylic acids is 5.